The number of hydrogen-bond donors (Lipinski definition) is 1. The Hall–Kier alpha value is -1.32. The van der Waals surface area contributed by atoms with Gasteiger partial charge in [-0.2, -0.15) is 5.10 Å². The number of nitrogens with zero attached hydrogens (tertiary/aromatic N) is 2. The molecule has 0 saturated carbocycles. The van der Waals surface area contributed by atoms with Crippen molar-refractivity contribution in [1.82, 2.24) is 15.1 Å². The molecule has 1 aromatic rings. The lowest BCUT2D eigenvalue weighted by Gasteiger charge is -2.11. The number of aromatic nitrogens is 2. The van der Waals surface area contributed by atoms with E-state index in [1.54, 1.807) is 18.0 Å². The van der Waals surface area contributed by atoms with Gasteiger partial charge in [-0.25, -0.2) is 0 Å². The highest BCUT2D eigenvalue weighted by Crippen LogP contribution is 2.19. The summed E-state index contributed by atoms with van der Waals surface area (Å²) in [4.78, 5) is 12.7. The summed E-state index contributed by atoms with van der Waals surface area (Å²) < 4.78 is 0. The summed E-state index contributed by atoms with van der Waals surface area (Å²) in [5.41, 5.74) is 2.21. The van der Waals surface area contributed by atoms with Gasteiger partial charge in [0.15, 0.2) is 0 Å². The molecule has 4 nitrogen and oxygen atoms in total. The number of aromatic amines is 1. The lowest BCUT2D eigenvalue weighted by Crippen LogP contribution is -2.22. The van der Waals surface area contributed by atoms with Gasteiger partial charge in [-0.3, -0.25) is 9.89 Å². The summed E-state index contributed by atoms with van der Waals surface area (Å²) in [6, 6.07) is 0. The van der Waals surface area contributed by atoms with Crippen LogP contribution in [-0.4, -0.2) is 21.0 Å². The molecular formula is C7H9N3O. The maximum Gasteiger partial charge on any atom is 0.220 e. The van der Waals surface area contributed by atoms with E-state index in [0.717, 1.165) is 11.3 Å². The Balaban J connectivity index is 2.22. The van der Waals surface area contributed by atoms with Crippen LogP contribution in [0, 0.1) is 0 Å². The molecule has 0 saturated heterocycles. The molecule has 0 unspecified atom stereocenters. The molecule has 2 heterocycles. The lowest BCUT2D eigenvalue weighted by atomic mass is 10.3. The van der Waals surface area contributed by atoms with E-state index in [9.17, 15) is 4.79 Å². The van der Waals surface area contributed by atoms with Crippen molar-refractivity contribution in [3.05, 3.63) is 17.5 Å². The van der Waals surface area contributed by atoms with Gasteiger partial charge in [0.05, 0.1) is 18.4 Å². The van der Waals surface area contributed by atoms with Crippen LogP contribution in [0.5, 0.6) is 0 Å². The molecule has 11 heavy (non-hydrogen) atoms. The molecule has 0 aromatic carbocycles. The van der Waals surface area contributed by atoms with Crippen molar-refractivity contribution in [3.63, 3.8) is 0 Å². The van der Waals surface area contributed by atoms with Crippen molar-refractivity contribution < 1.29 is 4.79 Å². The van der Waals surface area contributed by atoms with Crippen molar-refractivity contribution in [2.24, 2.45) is 0 Å². The third-order valence-electron chi connectivity index (χ3n) is 1.96. The second kappa shape index (κ2) is 2.08. The summed E-state index contributed by atoms with van der Waals surface area (Å²) in [6.45, 7) is 2.98. The molecule has 2 rings (SSSR count). The van der Waals surface area contributed by atoms with Crippen LogP contribution in [-0.2, 0) is 17.9 Å². The number of carbonyl (C=O) groups is 1. The first-order valence-corrected chi connectivity index (χ1v) is 3.54. The van der Waals surface area contributed by atoms with Gasteiger partial charge < -0.3 is 4.90 Å². The molecule has 1 aliphatic heterocycles. The second-order valence-corrected chi connectivity index (χ2v) is 2.75. The summed E-state index contributed by atoms with van der Waals surface area (Å²) in [5, 5.41) is 6.73. The standard InChI is InChI=1S/C7H9N3O/c1-5(11)10-3-6-2-8-9-7(6)4-10/h2H,3-4H2,1H3,(H,8,9). The van der Waals surface area contributed by atoms with Gasteiger partial charge in [-0.15, -0.1) is 0 Å². The molecule has 58 valence electrons. The average molecular weight is 151 g/mol. The lowest BCUT2D eigenvalue weighted by molar-refractivity contribution is -0.129. The van der Waals surface area contributed by atoms with E-state index in [2.05, 4.69) is 10.2 Å². The number of H-pyrrole nitrogens is 1. The number of rotatable bonds is 0. The van der Waals surface area contributed by atoms with Crippen molar-refractivity contribution in [3.8, 4) is 0 Å². The molecule has 1 N–H and O–H groups in total. The molecule has 0 atom stereocenters. The van der Waals surface area contributed by atoms with Crippen LogP contribution >= 0.6 is 0 Å². The van der Waals surface area contributed by atoms with Gasteiger partial charge in [-0.1, -0.05) is 0 Å². The van der Waals surface area contributed by atoms with E-state index in [4.69, 9.17) is 0 Å². The van der Waals surface area contributed by atoms with E-state index in [-0.39, 0.29) is 5.91 Å². The molecule has 0 aliphatic carbocycles. The molecular weight excluding hydrogens is 142 g/mol. The van der Waals surface area contributed by atoms with Gasteiger partial charge >= 0.3 is 0 Å². The van der Waals surface area contributed by atoms with Gasteiger partial charge in [0, 0.05) is 19.0 Å². The SMILES string of the molecule is CC(=O)N1Cc2cn[nH]c2C1. The average Bonchev–Trinajstić information content (AvgIpc) is 2.40. The summed E-state index contributed by atoms with van der Waals surface area (Å²) >= 11 is 0. The zero-order valence-electron chi connectivity index (χ0n) is 6.29. The number of hydrogen-bond acceptors (Lipinski definition) is 2. The Morgan fingerprint density at radius 1 is 1.73 bits per heavy atom. The molecule has 0 spiro atoms. The van der Waals surface area contributed by atoms with E-state index < -0.39 is 0 Å². The summed E-state index contributed by atoms with van der Waals surface area (Å²) in [5.74, 6) is 0.120. The number of fused-ring (bicyclic) bond motifs is 1. The molecule has 1 aliphatic rings. The third-order valence-corrected chi connectivity index (χ3v) is 1.96. The molecule has 0 bridgehead atoms. The maximum absolute atomic E-state index is 10.9. The summed E-state index contributed by atoms with van der Waals surface area (Å²) in [6.07, 6.45) is 1.78. The van der Waals surface area contributed by atoms with Crippen LogP contribution < -0.4 is 0 Å². The van der Waals surface area contributed by atoms with E-state index in [1.807, 2.05) is 0 Å². The van der Waals surface area contributed by atoms with E-state index in [0.29, 0.717) is 13.1 Å². The number of nitrogens with one attached hydrogen (secondary N) is 1. The first-order chi connectivity index (χ1) is 5.27. The predicted octanol–water partition coefficient (Wildman–Crippen LogP) is 0.272. The predicted molar refractivity (Wildman–Crippen MR) is 38.5 cm³/mol. The molecule has 4 heteroatoms. The van der Waals surface area contributed by atoms with Crippen molar-refractivity contribution >= 4 is 5.91 Å². The van der Waals surface area contributed by atoms with Crippen molar-refractivity contribution in [2.45, 2.75) is 20.0 Å². The summed E-state index contributed by atoms with van der Waals surface area (Å²) in [7, 11) is 0. The largest absolute Gasteiger partial charge is 0.333 e. The fourth-order valence-electron chi connectivity index (χ4n) is 1.29. The van der Waals surface area contributed by atoms with Crippen molar-refractivity contribution in [1.29, 1.82) is 0 Å². The van der Waals surface area contributed by atoms with Crippen LogP contribution in [0.25, 0.3) is 0 Å². The maximum atomic E-state index is 10.9. The quantitative estimate of drug-likeness (QED) is 0.578. The fourth-order valence-corrected chi connectivity index (χ4v) is 1.29. The molecule has 1 amide bonds. The highest BCUT2D eigenvalue weighted by Gasteiger charge is 2.21. The number of carbonyl (C=O) groups excluding carboxylic acids is 1. The Kier molecular flexibility index (Phi) is 1.21. The first kappa shape index (κ1) is 6.39. The molecule has 1 aromatic heterocycles. The van der Waals surface area contributed by atoms with Crippen LogP contribution in [0.4, 0.5) is 0 Å². The highest BCUT2D eigenvalue weighted by molar-refractivity contribution is 5.73. The molecule has 0 radical (unpaired) electrons. The van der Waals surface area contributed by atoms with Crippen LogP contribution in [0.1, 0.15) is 18.2 Å². The number of amides is 1. The second-order valence-electron chi connectivity index (χ2n) is 2.75. The minimum atomic E-state index is 0.120. The minimum absolute atomic E-state index is 0.120. The van der Waals surface area contributed by atoms with Gasteiger partial charge in [-0.05, 0) is 0 Å². The topological polar surface area (TPSA) is 49.0 Å². The molecule has 0 fully saturated rings. The Morgan fingerprint density at radius 2 is 2.55 bits per heavy atom. The smallest absolute Gasteiger partial charge is 0.220 e. The Labute approximate surface area is 64.2 Å². The van der Waals surface area contributed by atoms with Gasteiger partial charge in [0.1, 0.15) is 0 Å². The normalized spacial score (nSPS) is 15.2. The van der Waals surface area contributed by atoms with Crippen LogP contribution in [0.3, 0.4) is 0 Å². The zero-order valence-corrected chi connectivity index (χ0v) is 6.29. The Morgan fingerprint density at radius 3 is 3.18 bits per heavy atom. The van der Waals surface area contributed by atoms with Crippen LogP contribution in [0.15, 0.2) is 6.20 Å². The fraction of sp³-hybridized carbons (Fsp3) is 0.429. The zero-order chi connectivity index (χ0) is 7.84. The van der Waals surface area contributed by atoms with Gasteiger partial charge in [0.2, 0.25) is 5.91 Å². The Bertz CT molecular complexity index is 271. The van der Waals surface area contributed by atoms with Crippen molar-refractivity contribution in [2.75, 3.05) is 0 Å². The minimum Gasteiger partial charge on any atom is -0.333 e. The third kappa shape index (κ3) is 0.906. The monoisotopic (exact) mass is 151 g/mol. The van der Waals surface area contributed by atoms with E-state index >= 15 is 0 Å². The van der Waals surface area contributed by atoms with Gasteiger partial charge in [0.25, 0.3) is 0 Å². The van der Waals surface area contributed by atoms with E-state index in [1.165, 1.54) is 0 Å². The highest BCUT2D eigenvalue weighted by atomic mass is 16.2. The first-order valence-electron chi connectivity index (χ1n) is 3.54. The van der Waals surface area contributed by atoms with Crippen LogP contribution in [0.2, 0.25) is 0 Å².